The molecule has 2 aromatic rings. The second-order valence-electron chi connectivity index (χ2n) is 4.04. The fraction of sp³-hybridized carbons (Fsp3) is 0.133. The molecule has 2 rings (SSSR count). The standard InChI is InChI=1S/C15H10Cl2N2O2/c1-2-21-15(20)10-5-6-19-14(12(10)8-18)11-4-3-9(16)7-13(11)17/h3-7H,2H2,1H3. The second-order valence-corrected chi connectivity index (χ2v) is 4.88. The van der Waals surface area contributed by atoms with Crippen molar-refractivity contribution in [3.05, 3.63) is 51.6 Å². The number of nitriles is 1. The Bertz CT molecular complexity index is 739. The minimum absolute atomic E-state index is 0.125. The lowest BCUT2D eigenvalue weighted by Gasteiger charge is -2.09. The lowest BCUT2D eigenvalue weighted by molar-refractivity contribution is 0.0526. The molecular weight excluding hydrogens is 311 g/mol. The molecule has 21 heavy (non-hydrogen) atoms. The van der Waals surface area contributed by atoms with E-state index in [1.165, 1.54) is 12.3 Å². The zero-order valence-electron chi connectivity index (χ0n) is 11.1. The Morgan fingerprint density at radius 3 is 2.76 bits per heavy atom. The Morgan fingerprint density at radius 1 is 1.38 bits per heavy atom. The quantitative estimate of drug-likeness (QED) is 0.798. The molecule has 0 saturated heterocycles. The van der Waals surface area contributed by atoms with E-state index in [1.54, 1.807) is 25.1 Å². The molecule has 0 spiro atoms. The van der Waals surface area contributed by atoms with E-state index >= 15 is 0 Å². The third-order valence-electron chi connectivity index (χ3n) is 2.74. The van der Waals surface area contributed by atoms with Crippen molar-refractivity contribution < 1.29 is 9.53 Å². The lowest BCUT2D eigenvalue weighted by Crippen LogP contribution is -2.08. The summed E-state index contributed by atoms with van der Waals surface area (Å²) in [5.74, 6) is -0.567. The number of carbonyl (C=O) groups excluding carboxylic acids is 1. The number of benzene rings is 1. The molecule has 0 atom stereocenters. The average Bonchev–Trinajstić information content (AvgIpc) is 2.46. The minimum atomic E-state index is -0.567. The van der Waals surface area contributed by atoms with Gasteiger partial charge in [-0.1, -0.05) is 23.2 Å². The molecule has 1 aromatic carbocycles. The van der Waals surface area contributed by atoms with Gasteiger partial charge in [-0.3, -0.25) is 4.98 Å². The summed E-state index contributed by atoms with van der Waals surface area (Å²) in [7, 11) is 0. The average molecular weight is 321 g/mol. The lowest BCUT2D eigenvalue weighted by atomic mass is 10.0. The van der Waals surface area contributed by atoms with E-state index in [4.69, 9.17) is 27.9 Å². The van der Waals surface area contributed by atoms with Gasteiger partial charge >= 0.3 is 5.97 Å². The largest absolute Gasteiger partial charge is 0.462 e. The van der Waals surface area contributed by atoms with Crippen LogP contribution in [0.25, 0.3) is 11.3 Å². The topological polar surface area (TPSA) is 63.0 Å². The maximum atomic E-state index is 11.9. The number of esters is 1. The molecule has 0 N–H and O–H groups in total. The number of nitrogens with zero attached hydrogens (tertiary/aromatic N) is 2. The first-order valence-electron chi connectivity index (χ1n) is 6.10. The second kappa shape index (κ2) is 6.57. The van der Waals surface area contributed by atoms with Gasteiger partial charge in [0.05, 0.1) is 28.5 Å². The van der Waals surface area contributed by atoms with Crippen LogP contribution in [0.1, 0.15) is 22.8 Å². The highest BCUT2D eigenvalue weighted by Gasteiger charge is 2.19. The molecule has 106 valence electrons. The Hall–Kier alpha value is -2.09. The van der Waals surface area contributed by atoms with Crippen molar-refractivity contribution in [2.45, 2.75) is 6.92 Å². The third kappa shape index (κ3) is 3.15. The molecule has 4 nitrogen and oxygen atoms in total. The van der Waals surface area contributed by atoms with Gasteiger partial charge in [0.25, 0.3) is 0 Å². The number of pyridine rings is 1. The van der Waals surface area contributed by atoms with E-state index in [0.29, 0.717) is 21.3 Å². The van der Waals surface area contributed by atoms with Gasteiger partial charge in [0, 0.05) is 16.8 Å². The van der Waals surface area contributed by atoms with E-state index < -0.39 is 5.97 Å². The highest BCUT2D eigenvalue weighted by molar-refractivity contribution is 6.36. The SMILES string of the molecule is CCOC(=O)c1ccnc(-c2ccc(Cl)cc2Cl)c1C#N. The Balaban J connectivity index is 2.62. The maximum absolute atomic E-state index is 11.9. The van der Waals surface area contributed by atoms with E-state index in [-0.39, 0.29) is 17.7 Å². The summed E-state index contributed by atoms with van der Waals surface area (Å²) in [6.07, 6.45) is 1.44. The molecule has 0 aliphatic heterocycles. The molecule has 0 fully saturated rings. The van der Waals surface area contributed by atoms with E-state index in [2.05, 4.69) is 4.98 Å². The third-order valence-corrected chi connectivity index (χ3v) is 3.29. The van der Waals surface area contributed by atoms with Gasteiger partial charge in [-0.25, -0.2) is 4.79 Å². The maximum Gasteiger partial charge on any atom is 0.339 e. The highest BCUT2D eigenvalue weighted by Crippen LogP contribution is 2.32. The van der Waals surface area contributed by atoms with Crippen LogP contribution in [-0.2, 0) is 4.74 Å². The van der Waals surface area contributed by atoms with Gasteiger partial charge in [-0.15, -0.1) is 0 Å². The van der Waals surface area contributed by atoms with Gasteiger partial charge in [-0.2, -0.15) is 5.26 Å². The van der Waals surface area contributed by atoms with E-state index in [1.807, 2.05) is 6.07 Å². The molecule has 0 unspecified atom stereocenters. The molecule has 0 aliphatic rings. The molecule has 0 radical (unpaired) electrons. The smallest absolute Gasteiger partial charge is 0.339 e. The molecule has 1 heterocycles. The summed E-state index contributed by atoms with van der Waals surface area (Å²) in [6, 6.07) is 8.29. The summed E-state index contributed by atoms with van der Waals surface area (Å²) in [5, 5.41) is 10.2. The zero-order valence-corrected chi connectivity index (χ0v) is 12.6. The van der Waals surface area contributed by atoms with Crippen LogP contribution in [0.5, 0.6) is 0 Å². The number of carbonyl (C=O) groups is 1. The van der Waals surface area contributed by atoms with Crippen LogP contribution in [0.4, 0.5) is 0 Å². The number of aromatic nitrogens is 1. The van der Waals surface area contributed by atoms with Crippen LogP contribution >= 0.6 is 23.2 Å². The van der Waals surface area contributed by atoms with Crippen LogP contribution in [0, 0.1) is 11.3 Å². The number of hydrogen-bond donors (Lipinski definition) is 0. The summed E-state index contributed by atoms with van der Waals surface area (Å²) in [5.41, 5.74) is 1.14. The molecule has 0 saturated carbocycles. The molecule has 0 bridgehead atoms. The Morgan fingerprint density at radius 2 is 2.14 bits per heavy atom. The molecule has 0 amide bonds. The van der Waals surface area contributed by atoms with Crippen LogP contribution in [0.3, 0.4) is 0 Å². The Labute approximate surface area is 131 Å². The zero-order chi connectivity index (χ0) is 15.4. The number of hydrogen-bond acceptors (Lipinski definition) is 4. The monoisotopic (exact) mass is 320 g/mol. The van der Waals surface area contributed by atoms with Gasteiger partial charge in [0.1, 0.15) is 6.07 Å². The summed E-state index contributed by atoms with van der Waals surface area (Å²) < 4.78 is 4.94. The predicted octanol–water partition coefficient (Wildman–Crippen LogP) is 4.10. The molecule has 0 aliphatic carbocycles. The first-order valence-corrected chi connectivity index (χ1v) is 6.85. The Kier molecular flexibility index (Phi) is 4.79. The van der Waals surface area contributed by atoms with Crippen molar-refractivity contribution >= 4 is 29.2 Å². The van der Waals surface area contributed by atoms with Gasteiger partial charge in [0.2, 0.25) is 0 Å². The summed E-state index contributed by atoms with van der Waals surface area (Å²) in [4.78, 5) is 16.0. The highest BCUT2D eigenvalue weighted by atomic mass is 35.5. The van der Waals surface area contributed by atoms with E-state index in [9.17, 15) is 10.1 Å². The molecule has 1 aromatic heterocycles. The molecular formula is C15H10Cl2N2O2. The fourth-order valence-electron chi connectivity index (χ4n) is 1.84. The summed E-state index contributed by atoms with van der Waals surface area (Å²) >= 11 is 12.0. The van der Waals surface area contributed by atoms with Crippen molar-refractivity contribution in [2.24, 2.45) is 0 Å². The first kappa shape index (κ1) is 15.3. The number of rotatable bonds is 3. The van der Waals surface area contributed by atoms with Crippen LogP contribution in [0.15, 0.2) is 30.5 Å². The van der Waals surface area contributed by atoms with Gasteiger partial charge in [0.15, 0.2) is 0 Å². The van der Waals surface area contributed by atoms with Gasteiger partial charge in [-0.05, 0) is 31.2 Å². The van der Waals surface area contributed by atoms with Crippen molar-refractivity contribution in [1.82, 2.24) is 4.98 Å². The fourth-order valence-corrected chi connectivity index (χ4v) is 2.34. The van der Waals surface area contributed by atoms with Crippen molar-refractivity contribution in [3.63, 3.8) is 0 Å². The number of ether oxygens (including phenoxy) is 1. The molecule has 6 heteroatoms. The van der Waals surface area contributed by atoms with Crippen molar-refractivity contribution in [3.8, 4) is 17.3 Å². The van der Waals surface area contributed by atoms with Crippen LogP contribution in [0.2, 0.25) is 10.0 Å². The summed E-state index contributed by atoms with van der Waals surface area (Å²) in [6.45, 7) is 1.92. The first-order chi connectivity index (χ1) is 10.1. The van der Waals surface area contributed by atoms with Crippen molar-refractivity contribution in [2.75, 3.05) is 6.61 Å². The minimum Gasteiger partial charge on any atom is -0.462 e. The van der Waals surface area contributed by atoms with Crippen molar-refractivity contribution in [1.29, 1.82) is 5.26 Å². The number of halogens is 2. The normalized spacial score (nSPS) is 10.0. The predicted molar refractivity (Wildman–Crippen MR) is 80.4 cm³/mol. The van der Waals surface area contributed by atoms with E-state index in [0.717, 1.165) is 0 Å². The van der Waals surface area contributed by atoms with Crippen LogP contribution in [-0.4, -0.2) is 17.6 Å². The van der Waals surface area contributed by atoms with Gasteiger partial charge < -0.3 is 4.74 Å². The van der Waals surface area contributed by atoms with Crippen LogP contribution < -0.4 is 0 Å².